The SMILES string of the molecule is CCCC1CCC(C2CCC(N3C(=O)C=CC3=O)CC2)CC1. The molecule has 122 valence electrons. The van der Waals surface area contributed by atoms with Gasteiger partial charge in [-0.2, -0.15) is 0 Å². The molecule has 0 aromatic rings. The maximum atomic E-state index is 11.8. The Kier molecular flexibility index (Phi) is 5.00. The van der Waals surface area contributed by atoms with E-state index in [0.717, 1.165) is 30.6 Å². The fraction of sp³-hybridized carbons (Fsp3) is 0.789. The second-order valence-electron chi connectivity index (χ2n) is 7.52. The molecule has 3 aliphatic rings. The molecule has 3 heteroatoms. The predicted molar refractivity (Wildman–Crippen MR) is 87.1 cm³/mol. The minimum absolute atomic E-state index is 0.103. The summed E-state index contributed by atoms with van der Waals surface area (Å²) in [5.41, 5.74) is 0. The van der Waals surface area contributed by atoms with Crippen LogP contribution in [0, 0.1) is 17.8 Å². The molecule has 0 unspecified atom stereocenters. The van der Waals surface area contributed by atoms with Gasteiger partial charge in [0.15, 0.2) is 0 Å². The largest absolute Gasteiger partial charge is 0.272 e. The minimum Gasteiger partial charge on any atom is -0.272 e. The molecule has 22 heavy (non-hydrogen) atoms. The number of imide groups is 1. The minimum atomic E-state index is -0.103. The molecule has 0 N–H and O–H groups in total. The Labute approximate surface area is 134 Å². The van der Waals surface area contributed by atoms with Crippen LogP contribution in [0.25, 0.3) is 0 Å². The van der Waals surface area contributed by atoms with Gasteiger partial charge in [0.2, 0.25) is 0 Å². The molecule has 0 aromatic heterocycles. The fourth-order valence-electron chi connectivity index (χ4n) is 4.96. The van der Waals surface area contributed by atoms with Crippen LogP contribution in [0.4, 0.5) is 0 Å². The number of hydrogen-bond donors (Lipinski definition) is 0. The zero-order chi connectivity index (χ0) is 15.5. The Morgan fingerprint density at radius 3 is 1.86 bits per heavy atom. The highest BCUT2D eigenvalue weighted by Crippen LogP contribution is 2.41. The zero-order valence-electron chi connectivity index (χ0n) is 13.8. The van der Waals surface area contributed by atoms with Gasteiger partial charge >= 0.3 is 0 Å². The lowest BCUT2D eigenvalue weighted by molar-refractivity contribution is -0.140. The molecule has 0 spiro atoms. The first-order chi connectivity index (χ1) is 10.7. The van der Waals surface area contributed by atoms with E-state index < -0.39 is 0 Å². The first-order valence-corrected chi connectivity index (χ1v) is 9.24. The van der Waals surface area contributed by atoms with Crippen molar-refractivity contribution in [1.29, 1.82) is 0 Å². The van der Waals surface area contributed by atoms with E-state index in [2.05, 4.69) is 6.92 Å². The van der Waals surface area contributed by atoms with Crippen molar-refractivity contribution in [2.75, 3.05) is 0 Å². The average Bonchev–Trinajstić information content (AvgIpc) is 2.88. The summed E-state index contributed by atoms with van der Waals surface area (Å²) in [5, 5.41) is 0. The number of hydrogen-bond acceptors (Lipinski definition) is 2. The number of nitrogens with zero attached hydrogens (tertiary/aromatic N) is 1. The summed E-state index contributed by atoms with van der Waals surface area (Å²) < 4.78 is 0. The highest BCUT2D eigenvalue weighted by Gasteiger charge is 2.36. The van der Waals surface area contributed by atoms with Gasteiger partial charge in [-0.05, 0) is 56.3 Å². The van der Waals surface area contributed by atoms with Crippen molar-refractivity contribution < 1.29 is 9.59 Å². The fourth-order valence-corrected chi connectivity index (χ4v) is 4.96. The maximum Gasteiger partial charge on any atom is 0.253 e. The monoisotopic (exact) mass is 303 g/mol. The first kappa shape index (κ1) is 15.8. The Morgan fingerprint density at radius 2 is 1.36 bits per heavy atom. The van der Waals surface area contributed by atoms with Crippen LogP contribution >= 0.6 is 0 Å². The normalized spacial score (nSPS) is 36.1. The molecule has 1 heterocycles. The summed E-state index contributed by atoms with van der Waals surface area (Å²) in [4.78, 5) is 25.1. The van der Waals surface area contributed by atoms with Crippen LogP contribution in [0.1, 0.15) is 71.1 Å². The van der Waals surface area contributed by atoms with Crippen LogP contribution in [0.2, 0.25) is 0 Å². The molecule has 0 bridgehead atoms. The van der Waals surface area contributed by atoms with Gasteiger partial charge in [0.05, 0.1) is 0 Å². The summed E-state index contributed by atoms with van der Waals surface area (Å²) >= 11 is 0. The number of amides is 2. The Hall–Kier alpha value is -1.12. The van der Waals surface area contributed by atoms with Gasteiger partial charge in [0, 0.05) is 18.2 Å². The topological polar surface area (TPSA) is 37.4 Å². The maximum absolute atomic E-state index is 11.8. The van der Waals surface area contributed by atoms with Gasteiger partial charge in [0.1, 0.15) is 0 Å². The van der Waals surface area contributed by atoms with Crippen molar-refractivity contribution in [3.8, 4) is 0 Å². The summed E-state index contributed by atoms with van der Waals surface area (Å²) in [6.45, 7) is 2.29. The third-order valence-corrected chi connectivity index (χ3v) is 6.20. The number of carbonyl (C=O) groups is 2. The molecular weight excluding hydrogens is 274 g/mol. The highest BCUT2D eigenvalue weighted by atomic mass is 16.2. The smallest absolute Gasteiger partial charge is 0.253 e. The average molecular weight is 303 g/mol. The van der Waals surface area contributed by atoms with Crippen molar-refractivity contribution in [1.82, 2.24) is 4.90 Å². The third-order valence-electron chi connectivity index (χ3n) is 6.20. The highest BCUT2D eigenvalue weighted by molar-refractivity contribution is 6.13. The lowest BCUT2D eigenvalue weighted by atomic mass is 9.69. The van der Waals surface area contributed by atoms with E-state index in [0.29, 0.717) is 0 Å². The molecule has 3 rings (SSSR count). The van der Waals surface area contributed by atoms with Crippen LogP contribution in [0.15, 0.2) is 12.2 Å². The zero-order valence-corrected chi connectivity index (χ0v) is 13.8. The van der Waals surface area contributed by atoms with E-state index in [4.69, 9.17) is 0 Å². The quantitative estimate of drug-likeness (QED) is 0.734. The van der Waals surface area contributed by atoms with Crippen molar-refractivity contribution in [2.45, 2.75) is 77.2 Å². The van der Waals surface area contributed by atoms with E-state index in [1.807, 2.05) is 0 Å². The third kappa shape index (κ3) is 3.28. The van der Waals surface area contributed by atoms with E-state index in [9.17, 15) is 9.59 Å². The molecule has 2 amide bonds. The summed E-state index contributed by atoms with van der Waals surface area (Å²) in [7, 11) is 0. The van der Waals surface area contributed by atoms with Crippen LogP contribution in [-0.4, -0.2) is 22.8 Å². The van der Waals surface area contributed by atoms with Gasteiger partial charge < -0.3 is 0 Å². The van der Waals surface area contributed by atoms with Gasteiger partial charge in [-0.25, -0.2) is 0 Å². The second-order valence-corrected chi connectivity index (χ2v) is 7.52. The van der Waals surface area contributed by atoms with Crippen molar-refractivity contribution in [2.24, 2.45) is 17.8 Å². The summed E-state index contributed by atoms with van der Waals surface area (Å²) in [5.74, 6) is 2.50. The molecule has 2 fully saturated rings. The molecule has 1 aliphatic heterocycles. The van der Waals surface area contributed by atoms with Crippen molar-refractivity contribution >= 4 is 11.8 Å². The lowest BCUT2D eigenvalue weighted by Gasteiger charge is -2.39. The van der Waals surface area contributed by atoms with E-state index in [-0.39, 0.29) is 17.9 Å². The van der Waals surface area contributed by atoms with E-state index >= 15 is 0 Å². The van der Waals surface area contributed by atoms with Crippen LogP contribution in [0.3, 0.4) is 0 Å². The molecular formula is C19H29NO2. The Bertz CT molecular complexity index is 422. The van der Waals surface area contributed by atoms with E-state index in [1.165, 1.54) is 68.4 Å². The van der Waals surface area contributed by atoms with Gasteiger partial charge in [0.25, 0.3) is 11.8 Å². The van der Waals surface area contributed by atoms with Crippen molar-refractivity contribution in [3.05, 3.63) is 12.2 Å². The second kappa shape index (κ2) is 6.97. The van der Waals surface area contributed by atoms with Gasteiger partial charge in [-0.1, -0.05) is 32.6 Å². The van der Waals surface area contributed by atoms with Gasteiger partial charge in [-0.3, -0.25) is 14.5 Å². The predicted octanol–water partition coefficient (Wildman–Crippen LogP) is 4.08. The van der Waals surface area contributed by atoms with Crippen LogP contribution in [0.5, 0.6) is 0 Å². The summed E-state index contributed by atoms with van der Waals surface area (Å²) in [6.07, 6.45) is 15.7. The molecule has 0 saturated heterocycles. The van der Waals surface area contributed by atoms with Crippen LogP contribution in [-0.2, 0) is 9.59 Å². The molecule has 2 aliphatic carbocycles. The molecule has 0 aromatic carbocycles. The number of carbonyl (C=O) groups excluding carboxylic acids is 2. The Balaban J connectivity index is 1.46. The summed E-state index contributed by atoms with van der Waals surface area (Å²) in [6, 6.07) is 0.155. The molecule has 0 radical (unpaired) electrons. The molecule has 3 nitrogen and oxygen atoms in total. The number of rotatable bonds is 4. The lowest BCUT2D eigenvalue weighted by Crippen LogP contribution is -2.42. The van der Waals surface area contributed by atoms with Crippen molar-refractivity contribution in [3.63, 3.8) is 0 Å². The first-order valence-electron chi connectivity index (χ1n) is 9.24. The van der Waals surface area contributed by atoms with Gasteiger partial charge in [-0.15, -0.1) is 0 Å². The Morgan fingerprint density at radius 1 is 0.864 bits per heavy atom. The standard InChI is InChI=1S/C19H29NO2/c1-2-3-14-4-6-15(7-5-14)16-8-10-17(11-9-16)20-18(21)12-13-19(20)22/h12-17H,2-11H2,1H3. The molecule has 0 atom stereocenters. The van der Waals surface area contributed by atoms with E-state index in [1.54, 1.807) is 0 Å². The van der Waals surface area contributed by atoms with Crippen LogP contribution < -0.4 is 0 Å². The molecule has 2 saturated carbocycles.